The molecular formula is C21H23N3O4. The molecule has 0 N–H and O–H groups in total. The van der Waals surface area contributed by atoms with Crippen molar-refractivity contribution in [3.63, 3.8) is 0 Å². The quantitative estimate of drug-likeness (QED) is 0.761. The molecule has 0 unspecified atom stereocenters. The summed E-state index contributed by atoms with van der Waals surface area (Å²) in [6.45, 7) is 2.56. The summed E-state index contributed by atoms with van der Waals surface area (Å²) < 4.78 is 10.7. The number of para-hydroxylation sites is 1. The van der Waals surface area contributed by atoms with Gasteiger partial charge in [-0.1, -0.05) is 12.1 Å². The number of nitrogens with zero attached hydrogens (tertiary/aromatic N) is 3. The maximum Gasteiger partial charge on any atom is 0.339 e. The van der Waals surface area contributed by atoms with Crippen molar-refractivity contribution in [3.8, 4) is 5.75 Å². The number of pyridine rings is 1. The van der Waals surface area contributed by atoms with E-state index in [2.05, 4.69) is 4.98 Å². The minimum absolute atomic E-state index is 0.00863. The van der Waals surface area contributed by atoms with Crippen LogP contribution >= 0.6 is 0 Å². The molecule has 28 heavy (non-hydrogen) atoms. The van der Waals surface area contributed by atoms with Crippen LogP contribution in [-0.4, -0.2) is 55.1 Å². The largest absolute Gasteiger partial charge is 0.488 e. The van der Waals surface area contributed by atoms with Crippen LogP contribution in [0.1, 0.15) is 40.0 Å². The molecule has 4 rings (SSSR count). The Hall–Kier alpha value is -3.09. The number of anilines is 2. The van der Waals surface area contributed by atoms with E-state index in [1.54, 1.807) is 24.4 Å². The van der Waals surface area contributed by atoms with Crippen molar-refractivity contribution in [1.82, 2.24) is 9.88 Å². The highest BCUT2D eigenvalue weighted by Gasteiger charge is 2.27. The van der Waals surface area contributed by atoms with Gasteiger partial charge in [0, 0.05) is 19.3 Å². The number of esters is 1. The molecule has 0 aliphatic carbocycles. The van der Waals surface area contributed by atoms with Crippen molar-refractivity contribution in [2.75, 3.05) is 38.3 Å². The van der Waals surface area contributed by atoms with Gasteiger partial charge < -0.3 is 19.3 Å². The first-order valence-electron chi connectivity index (χ1n) is 9.56. The third-order valence-corrected chi connectivity index (χ3v) is 5.15. The van der Waals surface area contributed by atoms with Crippen LogP contribution in [0.5, 0.6) is 5.75 Å². The SMILES string of the molecule is COC(=O)c1ccccc1N1CCOc2cc(C(=O)N3CCCCC3)cnc21. The van der Waals surface area contributed by atoms with E-state index in [1.807, 2.05) is 21.9 Å². The molecule has 2 aliphatic heterocycles. The lowest BCUT2D eigenvalue weighted by atomic mass is 10.1. The van der Waals surface area contributed by atoms with Crippen LogP contribution in [0.2, 0.25) is 0 Å². The van der Waals surface area contributed by atoms with Crippen LogP contribution in [0.3, 0.4) is 0 Å². The number of methoxy groups -OCH3 is 1. The summed E-state index contributed by atoms with van der Waals surface area (Å²) in [5, 5.41) is 0. The Bertz CT molecular complexity index is 893. The van der Waals surface area contributed by atoms with Crippen LogP contribution in [0.15, 0.2) is 36.5 Å². The lowest BCUT2D eigenvalue weighted by molar-refractivity contribution is 0.0601. The van der Waals surface area contributed by atoms with Gasteiger partial charge >= 0.3 is 5.97 Å². The summed E-state index contributed by atoms with van der Waals surface area (Å²) in [5.41, 5.74) is 1.71. The average molecular weight is 381 g/mol. The number of ether oxygens (including phenoxy) is 2. The smallest absolute Gasteiger partial charge is 0.339 e. The molecule has 1 aromatic carbocycles. The molecule has 7 heteroatoms. The van der Waals surface area contributed by atoms with E-state index in [0.717, 1.165) is 25.9 Å². The van der Waals surface area contributed by atoms with Gasteiger partial charge in [-0.25, -0.2) is 9.78 Å². The van der Waals surface area contributed by atoms with E-state index >= 15 is 0 Å². The van der Waals surface area contributed by atoms with E-state index in [4.69, 9.17) is 9.47 Å². The number of hydrogen-bond donors (Lipinski definition) is 0. The Labute approximate surface area is 163 Å². The Morgan fingerprint density at radius 2 is 1.89 bits per heavy atom. The minimum Gasteiger partial charge on any atom is -0.488 e. The summed E-state index contributed by atoms with van der Waals surface area (Å²) in [4.78, 5) is 33.3. The maximum atomic E-state index is 12.8. The van der Waals surface area contributed by atoms with Gasteiger partial charge in [0.15, 0.2) is 11.6 Å². The molecule has 146 valence electrons. The Balaban J connectivity index is 1.66. The second-order valence-electron chi connectivity index (χ2n) is 6.91. The van der Waals surface area contributed by atoms with Gasteiger partial charge in [0.2, 0.25) is 0 Å². The molecule has 1 amide bonds. The zero-order valence-electron chi connectivity index (χ0n) is 15.9. The number of fused-ring (bicyclic) bond motifs is 1. The first-order chi connectivity index (χ1) is 13.7. The third-order valence-electron chi connectivity index (χ3n) is 5.15. The van der Waals surface area contributed by atoms with Crippen molar-refractivity contribution in [2.24, 2.45) is 0 Å². The zero-order valence-corrected chi connectivity index (χ0v) is 15.9. The lowest BCUT2D eigenvalue weighted by Crippen LogP contribution is -2.36. The first kappa shape index (κ1) is 18.3. The predicted octanol–water partition coefficient (Wildman–Crippen LogP) is 3.02. The Morgan fingerprint density at radius 3 is 2.68 bits per heavy atom. The average Bonchev–Trinajstić information content (AvgIpc) is 2.77. The molecule has 1 saturated heterocycles. The summed E-state index contributed by atoms with van der Waals surface area (Å²) in [7, 11) is 1.36. The molecule has 0 atom stereocenters. The molecule has 1 fully saturated rings. The summed E-state index contributed by atoms with van der Waals surface area (Å²) in [6, 6.07) is 9.00. The van der Waals surface area contributed by atoms with Crippen LogP contribution in [0, 0.1) is 0 Å². The van der Waals surface area contributed by atoms with Crippen molar-refractivity contribution < 1.29 is 19.1 Å². The van der Waals surface area contributed by atoms with E-state index in [9.17, 15) is 9.59 Å². The fourth-order valence-electron chi connectivity index (χ4n) is 3.72. The highest BCUT2D eigenvalue weighted by molar-refractivity contribution is 5.98. The van der Waals surface area contributed by atoms with Gasteiger partial charge in [-0.2, -0.15) is 0 Å². The van der Waals surface area contributed by atoms with E-state index in [0.29, 0.717) is 41.5 Å². The van der Waals surface area contributed by atoms with Crippen molar-refractivity contribution >= 4 is 23.4 Å². The van der Waals surface area contributed by atoms with Gasteiger partial charge in [0.1, 0.15) is 6.61 Å². The van der Waals surface area contributed by atoms with E-state index in [-0.39, 0.29) is 5.91 Å². The van der Waals surface area contributed by atoms with E-state index < -0.39 is 5.97 Å². The summed E-state index contributed by atoms with van der Waals surface area (Å²) in [5.74, 6) is 0.734. The standard InChI is InChI=1S/C21H23N3O4/c1-27-21(26)16-7-3-4-8-17(16)24-11-12-28-18-13-15(14-22-19(18)24)20(25)23-9-5-2-6-10-23/h3-4,7-8,13-14H,2,5-6,9-12H2,1H3. The molecule has 0 radical (unpaired) electrons. The van der Waals surface area contributed by atoms with Crippen molar-refractivity contribution in [3.05, 3.63) is 47.7 Å². The number of benzene rings is 1. The van der Waals surface area contributed by atoms with E-state index in [1.165, 1.54) is 13.5 Å². The Kier molecular flexibility index (Phi) is 5.14. The van der Waals surface area contributed by atoms with Gasteiger partial charge in [-0.3, -0.25) is 4.79 Å². The molecule has 2 aromatic rings. The fraction of sp³-hybridized carbons (Fsp3) is 0.381. The normalized spacial score (nSPS) is 16.2. The second-order valence-corrected chi connectivity index (χ2v) is 6.91. The highest BCUT2D eigenvalue weighted by Crippen LogP contribution is 2.37. The first-order valence-corrected chi connectivity index (χ1v) is 9.56. The Morgan fingerprint density at radius 1 is 1.11 bits per heavy atom. The van der Waals surface area contributed by atoms with Crippen LogP contribution in [0.25, 0.3) is 0 Å². The molecule has 0 saturated carbocycles. The number of hydrogen-bond acceptors (Lipinski definition) is 6. The number of piperidine rings is 1. The molecule has 1 aromatic heterocycles. The maximum absolute atomic E-state index is 12.8. The summed E-state index contributed by atoms with van der Waals surface area (Å²) >= 11 is 0. The number of aromatic nitrogens is 1. The highest BCUT2D eigenvalue weighted by atomic mass is 16.5. The van der Waals surface area contributed by atoms with Crippen molar-refractivity contribution in [2.45, 2.75) is 19.3 Å². The molecule has 0 bridgehead atoms. The van der Waals surface area contributed by atoms with Gasteiger partial charge in [-0.05, 0) is 37.5 Å². The van der Waals surface area contributed by atoms with Gasteiger partial charge in [0.05, 0.1) is 30.5 Å². The van der Waals surface area contributed by atoms with Crippen molar-refractivity contribution in [1.29, 1.82) is 0 Å². The number of rotatable bonds is 3. The monoisotopic (exact) mass is 381 g/mol. The molecule has 2 aliphatic rings. The van der Waals surface area contributed by atoms with Crippen LogP contribution in [0.4, 0.5) is 11.5 Å². The zero-order chi connectivity index (χ0) is 19.5. The van der Waals surface area contributed by atoms with Gasteiger partial charge in [0.25, 0.3) is 5.91 Å². The number of carbonyl (C=O) groups excluding carboxylic acids is 2. The number of carbonyl (C=O) groups is 2. The molecule has 7 nitrogen and oxygen atoms in total. The number of amides is 1. The predicted molar refractivity (Wildman–Crippen MR) is 104 cm³/mol. The minimum atomic E-state index is -0.402. The topological polar surface area (TPSA) is 72.0 Å². The van der Waals surface area contributed by atoms with Crippen LogP contribution in [-0.2, 0) is 4.74 Å². The summed E-state index contributed by atoms with van der Waals surface area (Å²) in [6.07, 6.45) is 4.85. The van der Waals surface area contributed by atoms with Crippen LogP contribution < -0.4 is 9.64 Å². The lowest BCUT2D eigenvalue weighted by Gasteiger charge is -2.32. The fourth-order valence-corrected chi connectivity index (χ4v) is 3.72. The molecule has 0 spiro atoms. The number of likely N-dealkylation sites (tertiary alicyclic amines) is 1. The molecule has 3 heterocycles. The molecular weight excluding hydrogens is 358 g/mol. The third kappa shape index (κ3) is 3.40. The second kappa shape index (κ2) is 7.88. The van der Waals surface area contributed by atoms with Gasteiger partial charge in [-0.15, -0.1) is 0 Å².